The van der Waals surface area contributed by atoms with Gasteiger partial charge in [0.1, 0.15) is 12.4 Å². The number of benzene rings is 3. The van der Waals surface area contributed by atoms with E-state index in [1.54, 1.807) is 31.4 Å². The van der Waals surface area contributed by atoms with Crippen LogP contribution in [0.3, 0.4) is 0 Å². The predicted molar refractivity (Wildman–Crippen MR) is 115 cm³/mol. The van der Waals surface area contributed by atoms with Crippen LogP contribution in [-0.4, -0.2) is 28.7 Å². The van der Waals surface area contributed by atoms with Gasteiger partial charge in [0.05, 0.1) is 17.2 Å². The normalized spacial score (nSPS) is 11.2. The molecular formula is C23H25NO4S. The van der Waals surface area contributed by atoms with Crippen LogP contribution in [0.15, 0.2) is 77.7 Å². The Hall–Kier alpha value is -2.83. The van der Waals surface area contributed by atoms with Crippen LogP contribution >= 0.6 is 0 Å². The molecule has 0 saturated carbocycles. The maximum absolute atomic E-state index is 13.0. The van der Waals surface area contributed by atoms with Gasteiger partial charge in [-0.2, -0.15) is 0 Å². The Morgan fingerprint density at radius 2 is 1.62 bits per heavy atom. The van der Waals surface area contributed by atoms with Gasteiger partial charge in [-0.25, -0.2) is 8.42 Å². The second-order valence-corrected chi connectivity index (χ2v) is 8.38. The zero-order valence-electron chi connectivity index (χ0n) is 16.6. The molecule has 152 valence electrons. The van der Waals surface area contributed by atoms with Crippen molar-refractivity contribution in [2.24, 2.45) is 0 Å². The van der Waals surface area contributed by atoms with E-state index in [1.165, 1.54) is 0 Å². The van der Waals surface area contributed by atoms with Gasteiger partial charge in [0.15, 0.2) is 0 Å². The molecule has 0 atom stereocenters. The molecular weight excluding hydrogens is 386 g/mol. The molecule has 0 bridgehead atoms. The number of methoxy groups -OCH3 is 1. The second-order valence-electron chi connectivity index (χ2n) is 6.69. The maximum atomic E-state index is 13.0. The first kappa shape index (κ1) is 20.9. The van der Waals surface area contributed by atoms with Crippen LogP contribution in [-0.2, 0) is 21.2 Å². The van der Waals surface area contributed by atoms with E-state index in [-0.39, 0.29) is 4.90 Å². The zero-order chi connectivity index (χ0) is 20.7. The van der Waals surface area contributed by atoms with Gasteiger partial charge < -0.3 is 9.47 Å². The number of sulfonamides is 1. The predicted octanol–water partition coefficient (Wildman–Crippen LogP) is 4.41. The monoisotopic (exact) mass is 411 g/mol. The summed E-state index contributed by atoms with van der Waals surface area (Å²) in [5, 5.41) is 0. The minimum atomic E-state index is -3.72. The third kappa shape index (κ3) is 5.59. The Morgan fingerprint density at radius 1 is 0.897 bits per heavy atom. The number of hydrogen-bond donors (Lipinski definition) is 1. The number of anilines is 1. The fraction of sp³-hybridized carbons (Fsp3) is 0.217. The van der Waals surface area contributed by atoms with Gasteiger partial charge in [-0.15, -0.1) is 0 Å². The van der Waals surface area contributed by atoms with Crippen molar-refractivity contribution >= 4 is 15.7 Å². The van der Waals surface area contributed by atoms with Crippen molar-refractivity contribution in [2.45, 2.75) is 18.2 Å². The van der Waals surface area contributed by atoms with E-state index >= 15 is 0 Å². The summed E-state index contributed by atoms with van der Waals surface area (Å²) in [5.74, 6) is 0.644. The van der Waals surface area contributed by atoms with Crippen LogP contribution in [0.2, 0.25) is 0 Å². The minimum absolute atomic E-state index is 0.198. The molecule has 5 nitrogen and oxygen atoms in total. The number of ether oxygens (including phenoxy) is 2. The lowest BCUT2D eigenvalue weighted by Gasteiger charge is -2.14. The number of rotatable bonds is 9. The number of nitrogens with one attached hydrogen (secondary N) is 1. The Bertz CT molecular complexity index is 1050. The largest absolute Gasteiger partial charge is 0.491 e. The first-order valence-electron chi connectivity index (χ1n) is 9.36. The smallest absolute Gasteiger partial charge is 0.261 e. The van der Waals surface area contributed by atoms with Crippen molar-refractivity contribution in [3.63, 3.8) is 0 Å². The van der Waals surface area contributed by atoms with Crippen LogP contribution in [0.4, 0.5) is 5.69 Å². The maximum Gasteiger partial charge on any atom is 0.261 e. The van der Waals surface area contributed by atoms with E-state index in [1.807, 2.05) is 55.5 Å². The van der Waals surface area contributed by atoms with Crippen LogP contribution in [0, 0.1) is 6.92 Å². The summed E-state index contributed by atoms with van der Waals surface area (Å²) in [6.45, 7) is 2.71. The van der Waals surface area contributed by atoms with E-state index in [0.29, 0.717) is 31.1 Å². The fourth-order valence-corrected chi connectivity index (χ4v) is 4.17. The van der Waals surface area contributed by atoms with Gasteiger partial charge in [-0.1, -0.05) is 48.5 Å². The molecule has 0 unspecified atom stereocenters. The van der Waals surface area contributed by atoms with Crippen molar-refractivity contribution in [1.82, 2.24) is 0 Å². The summed E-state index contributed by atoms with van der Waals surface area (Å²) < 4.78 is 39.2. The summed E-state index contributed by atoms with van der Waals surface area (Å²) in [6, 6.07) is 22.3. The van der Waals surface area contributed by atoms with Crippen LogP contribution in [0.25, 0.3) is 0 Å². The van der Waals surface area contributed by atoms with Gasteiger partial charge in [0.2, 0.25) is 0 Å². The van der Waals surface area contributed by atoms with Crippen LogP contribution in [0.5, 0.6) is 5.75 Å². The molecule has 0 aliphatic heterocycles. The van der Waals surface area contributed by atoms with E-state index in [2.05, 4.69) is 4.72 Å². The van der Waals surface area contributed by atoms with E-state index in [0.717, 1.165) is 16.7 Å². The van der Waals surface area contributed by atoms with Crippen molar-refractivity contribution in [2.75, 3.05) is 25.0 Å². The highest BCUT2D eigenvalue weighted by molar-refractivity contribution is 7.92. The molecule has 0 spiro atoms. The molecule has 1 N–H and O–H groups in total. The molecule has 3 aromatic carbocycles. The van der Waals surface area contributed by atoms with E-state index < -0.39 is 10.0 Å². The lowest BCUT2D eigenvalue weighted by atomic mass is 10.0. The summed E-state index contributed by atoms with van der Waals surface area (Å²) in [7, 11) is -2.12. The highest BCUT2D eigenvalue weighted by Gasteiger charge is 2.17. The molecule has 29 heavy (non-hydrogen) atoms. The third-order valence-corrected chi connectivity index (χ3v) is 5.86. The van der Waals surface area contributed by atoms with Crippen molar-refractivity contribution in [1.29, 1.82) is 0 Å². The average molecular weight is 412 g/mol. The molecule has 3 rings (SSSR count). The Morgan fingerprint density at radius 3 is 2.34 bits per heavy atom. The molecule has 0 saturated heterocycles. The molecule has 0 fully saturated rings. The van der Waals surface area contributed by atoms with Crippen LogP contribution in [0.1, 0.15) is 16.7 Å². The molecule has 0 heterocycles. The Balaban J connectivity index is 1.80. The van der Waals surface area contributed by atoms with E-state index in [4.69, 9.17) is 9.47 Å². The van der Waals surface area contributed by atoms with E-state index in [9.17, 15) is 8.42 Å². The Kier molecular flexibility index (Phi) is 6.90. The quantitative estimate of drug-likeness (QED) is 0.530. The molecule has 0 radical (unpaired) electrons. The molecule has 0 aliphatic carbocycles. The van der Waals surface area contributed by atoms with Gasteiger partial charge in [-0.3, -0.25) is 4.72 Å². The third-order valence-electron chi connectivity index (χ3n) is 4.50. The zero-order valence-corrected chi connectivity index (χ0v) is 17.4. The minimum Gasteiger partial charge on any atom is -0.491 e. The first-order valence-corrected chi connectivity index (χ1v) is 10.8. The lowest BCUT2D eigenvalue weighted by molar-refractivity contribution is 0.146. The van der Waals surface area contributed by atoms with Crippen molar-refractivity contribution in [3.8, 4) is 5.75 Å². The standard InChI is InChI=1S/C23H25NO4S/c1-18-16-21(12-13-23(18)28-15-14-27-2)29(25,26)24-22-11-7-6-10-20(22)17-19-8-4-3-5-9-19/h3-13,16,24H,14-15,17H2,1-2H3. The highest BCUT2D eigenvalue weighted by atomic mass is 32.2. The molecule has 3 aromatic rings. The van der Waals surface area contributed by atoms with Crippen molar-refractivity contribution in [3.05, 3.63) is 89.5 Å². The van der Waals surface area contributed by atoms with Gasteiger partial charge >= 0.3 is 0 Å². The average Bonchev–Trinajstić information content (AvgIpc) is 2.71. The van der Waals surface area contributed by atoms with Crippen LogP contribution < -0.4 is 9.46 Å². The molecule has 0 amide bonds. The number of para-hydroxylation sites is 1. The number of hydrogen-bond acceptors (Lipinski definition) is 4. The van der Waals surface area contributed by atoms with Gasteiger partial charge in [0, 0.05) is 7.11 Å². The summed E-state index contributed by atoms with van der Waals surface area (Å²) in [6.07, 6.45) is 0.644. The molecule has 0 aromatic heterocycles. The Labute approximate surface area is 172 Å². The lowest BCUT2D eigenvalue weighted by Crippen LogP contribution is -2.15. The highest BCUT2D eigenvalue weighted by Crippen LogP contribution is 2.26. The van der Waals surface area contributed by atoms with Gasteiger partial charge in [-0.05, 0) is 54.3 Å². The summed E-state index contributed by atoms with van der Waals surface area (Å²) in [5.41, 5.74) is 3.36. The SMILES string of the molecule is COCCOc1ccc(S(=O)(=O)Nc2ccccc2Cc2ccccc2)cc1C. The number of aryl methyl sites for hydroxylation is 1. The first-order chi connectivity index (χ1) is 14.0. The van der Waals surface area contributed by atoms with Gasteiger partial charge in [0.25, 0.3) is 10.0 Å². The second kappa shape index (κ2) is 9.58. The van der Waals surface area contributed by atoms with Crippen molar-refractivity contribution < 1.29 is 17.9 Å². The summed E-state index contributed by atoms with van der Waals surface area (Å²) in [4.78, 5) is 0.198. The fourth-order valence-electron chi connectivity index (χ4n) is 2.98. The topological polar surface area (TPSA) is 64.6 Å². The molecule has 0 aliphatic rings. The summed E-state index contributed by atoms with van der Waals surface area (Å²) >= 11 is 0. The molecule has 6 heteroatoms.